The van der Waals surface area contributed by atoms with Crippen LogP contribution in [0.1, 0.15) is 10.4 Å². The van der Waals surface area contributed by atoms with E-state index in [-0.39, 0.29) is 5.91 Å². The summed E-state index contributed by atoms with van der Waals surface area (Å²) in [4.78, 5) is 15.8. The summed E-state index contributed by atoms with van der Waals surface area (Å²) >= 11 is 3.38. The van der Waals surface area contributed by atoms with Crippen molar-refractivity contribution in [3.8, 4) is 5.75 Å². The zero-order valence-corrected chi connectivity index (χ0v) is 11.3. The lowest BCUT2D eigenvalue weighted by atomic mass is 10.2. The van der Waals surface area contributed by atoms with Crippen molar-refractivity contribution >= 4 is 27.5 Å². The molecule has 0 aliphatic rings. The summed E-state index contributed by atoms with van der Waals surface area (Å²) in [5.41, 5.74) is 1.22. The first-order valence-corrected chi connectivity index (χ1v) is 6.05. The van der Waals surface area contributed by atoms with Crippen LogP contribution in [-0.4, -0.2) is 18.0 Å². The van der Waals surface area contributed by atoms with Gasteiger partial charge in [0.25, 0.3) is 5.91 Å². The smallest absolute Gasteiger partial charge is 0.255 e. The summed E-state index contributed by atoms with van der Waals surface area (Å²) < 4.78 is 5.91. The Morgan fingerprint density at radius 1 is 1.28 bits per heavy atom. The van der Waals surface area contributed by atoms with Crippen molar-refractivity contribution in [2.24, 2.45) is 0 Å². The number of carbonyl (C=O) groups excluding carboxylic acids is 1. The van der Waals surface area contributed by atoms with Crippen LogP contribution < -0.4 is 10.1 Å². The first kappa shape index (κ1) is 12.6. The lowest BCUT2D eigenvalue weighted by molar-refractivity contribution is 0.102. The molecule has 0 aliphatic carbocycles. The fraction of sp³-hybridized carbons (Fsp3) is 0.0769. The molecule has 0 spiro atoms. The van der Waals surface area contributed by atoms with Crippen molar-refractivity contribution in [1.82, 2.24) is 4.98 Å². The van der Waals surface area contributed by atoms with E-state index < -0.39 is 0 Å². The monoisotopic (exact) mass is 306 g/mol. The standard InChI is InChI=1S/C13H11BrN2O2/c1-18-10-2-3-11(14)12(8-10)16-13(17)9-4-6-15-7-5-9/h2-8H,1H3,(H,16,17). The number of hydrogen-bond donors (Lipinski definition) is 1. The minimum atomic E-state index is -0.189. The molecule has 4 nitrogen and oxygen atoms in total. The van der Waals surface area contributed by atoms with E-state index in [1.165, 1.54) is 0 Å². The number of anilines is 1. The molecule has 2 aromatic rings. The number of nitrogens with one attached hydrogen (secondary N) is 1. The van der Waals surface area contributed by atoms with Gasteiger partial charge in [-0.15, -0.1) is 0 Å². The summed E-state index contributed by atoms with van der Waals surface area (Å²) in [6.07, 6.45) is 3.16. The van der Waals surface area contributed by atoms with Gasteiger partial charge in [-0.05, 0) is 40.2 Å². The molecule has 5 heteroatoms. The summed E-state index contributed by atoms with van der Waals surface area (Å²) in [7, 11) is 1.58. The van der Waals surface area contributed by atoms with E-state index >= 15 is 0 Å². The second-order valence-electron chi connectivity index (χ2n) is 3.54. The lowest BCUT2D eigenvalue weighted by Gasteiger charge is -2.09. The second-order valence-corrected chi connectivity index (χ2v) is 4.39. The molecule has 1 N–H and O–H groups in total. The third kappa shape index (κ3) is 2.87. The third-order valence-electron chi connectivity index (χ3n) is 2.36. The van der Waals surface area contributed by atoms with Crippen LogP contribution in [0.5, 0.6) is 5.75 Å². The van der Waals surface area contributed by atoms with Crippen LogP contribution in [0.3, 0.4) is 0 Å². The Bertz CT molecular complexity index is 558. The Hall–Kier alpha value is -1.88. The van der Waals surface area contributed by atoms with Crippen LogP contribution in [0.15, 0.2) is 47.2 Å². The average Bonchev–Trinajstić information content (AvgIpc) is 2.42. The van der Waals surface area contributed by atoms with E-state index in [0.717, 1.165) is 4.47 Å². The van der Waals surface area contributed by atoms with Gasteiger partial charge in [0.1, 0.15) is 5.75 Å². The molecule has 0 aliphatic heterocycles. The minimum Gasteiger partial charge on any atom is -0.497 e. The molecule has 92 valence electrons. The molecule has 0 unspecified atom stereocenters. The number of hydrogen-bond acceptors (Lipinski definition) is 3. The SMILES string of the molecule is COc1ccc(Br)c(NC(=O)c2ccncc2)c1. The van der Waals surface area contributed by atoms with Gasteiger partial charge in [-0.3, -0.25) is 9.78 Å². The molecule has 18 heavy (non-hydrogen) atoms. The maximum Gasteiger partial charge on any atom is 0.255 e. The number of benzene rings is 1. The predicted octanol–water partition coefficient (Wildman–Crippen LogP) is 3.11. The zero-order chi connectivity index (χ0) is 13.0. The molecule has 1 aromatic heterocycles. The highest BCUT2D eigenvalue weighted by molar-refractivity contribution is 9.10. The largest absolute Gasteiger partial charge is 0.497 e. The fourth-order valence-electron chi connectivity index (χ4n) is 1.42. The minimum absolute atomic E-state index is 0.189. The van der Waals surface area contributed by atoms with Crippen molar-refractivity contribution in [2.45, 2.75) is 0 Å². The first-order chi connectivity index (χ1) is 8.70. The van der Waals surface area contributed by atoms with Crippen LogP contribution in [0.25, 0.3) is 0 Å². The number of halogens is 1. The molecule has 0 radical (unpaired) electrons. The highest BCUT2D eigenvalue weighted by Crippen LogP contribution is 2.27. The van der Waals surface area contributed by atoms with Crippen LogP contribution >= 0.6 is 15.9 Å². The van der Waals surface area contributed by atoms with E-state index in [1.54, 1.807) is 37.7 Å². The number of amides is 1. The van der Waals surface area contributed by atoms with Crippen LogP contribution in [0.2, 0.25) is 0 Å². The Kier molecular flexibility index (Phi) is 3.94. The average molecular weight is 307 g/mol. The van der Waals surface area contributed by atoms with Gasteiger partial charge in [0, 0.05) is 28.5 Å². The summed E-state index contributed by atoms with van der Waals surface area (Å²) in [5, 5.41) is 2.81. The fourth-order valence-corrected chi connectivity index (χ4v) is 1.77. The van der Waals surface area contributed by atoms with E-state index in [4.69, 9.17) is 4.74 Å². The molecule has 1 amide bonds. The maximum absolute atomic E-state index is 12.0. The molecule has 0 fully saturated rings. The molecule has 0 saturated heterocycles. The van der Waals surface area contributed by atoms with Gasteiger partial charge in [0.05, 0.1) is 12.8 Å². The normalized spacial score (nSPS) is 9.89. The molecule has 0 bridgehead atoms. The van der Waals surface area contributed by atoms with Gasteiger partial charge in [0.15, 0.2) is 0 Å². The molecular weight excluding hydrogens is 296 g/mol. The number of ether oxygens (including phenoxy) is 1. The predicted molar refractivity (Wildman–Crippen MR) is 72.9 cm³/mol. The van der Waals surface area contributed by atoms with Crippen molar-refractivity contribution in [3.63, 3.8) is 0 Å². The second kappa shape index (κ2) is 5.64. The van der Waals surface area contributed by atoms with Gasteiger partial charge in [0.2, 0.25) is 0 Å². The quantitative estimate of drug-likeness (QED) is 0.948. The molecule has 2 rings (SSSR count). The lowest BCUT2D eigenvalue weighted by Crippen LogP contribution is -2.12. The highest BCUT2D eigenvalue weighted by Gasteiger charge is 2.08. The molecule has 1 heterocycles. The first-order valence-electron chi connectivity index (χ1n) is 5.25. The summed E-state index contributed by atoms with van der Waals surface area (Å²) in [6, 6.07) is 8.70. The van der Waals surface area contributed by atoms with Gasteiger partial charge in [-0.1, -0.05) is 0 Å². The Labute approximate surface area is 113 Å². The Morgan fingerprint density at radius 3 is 2.67 bits per heavy atom. The number of nitrogens with zero attached hydrogens (tertiary/aromatic N) is 1. The number of rotatable bonds is 3. The molecule has 1 aromatic carbocycles. The van der Waals surface area contributed by atoms with Gasteiger partial charge in [-0.2, -0.15) is 0 Å². The van der Waals surface area contributed by atoms with Crippen molar-refractivity contribution in [2.75, 3.05) is 12.4 Å². The maximum atomic E-state index is 12.0. The molecule has 0 atom stereocenters. The van der Waals surface area contributed by atoms with Gasteiger partial charge in [-0.25, -0.2) is 0 Å². The topological polar surface area (TPSA) is 51.2 Å². The summed E-state index contributed by atoms with van der Waals surface area (Å²) in [5.74, 6) is 0.495. The van der Waals surface area contributed by atoms with E-state index in [9.17, 15) is 4.79 Å². The van der Waals surface area contributed by atoms with Crippen molar-refractivity contribution in [1.29, 1.82) is 0 Å². The highest BCUT2D eigenvalue weighted by atomic mass is 79.9. The van der Waals surface area contributed by atoms with Crippen molar-refractivity contribution in [3.05, 3.63) is 52.8 Å². The van der Waals surface area contributed by atoms with Crippen LogP contribution in [-0.2, 0) is 0 Å². The number of pyridine rings is 1. The van der Waals surface area contributed by atoms with Gasteiger partial charge < -0.3 is 10.1 Å². The third-order valence-corrected chi connectivity index (χ3v) is 3.06. The molecule has 0 saturated carbocycles. The zero-order valence-electron chi connectivity index (χ0n) is 9.68. The Morgan fingerprint density at radius 2 is 2.00 bits per heavy atom. The van der Waals surface area contributed by atoms with Crippen LogP contribution in [0, 0.1) is 0 Å². The number of aromatic nitrogens is 1. The Balaban J connectivity index is 2.21. The molecular formula is C13H11BrN2O2. The van der Waals surface area contributed by atoms with Gasteiger partial charge >= 0.3 is 0 Å². The number of methoxy groups -OCH3 is 1. The van der Waals surface area contributed by atoms with Crippen LogP contribution in [0.4, 0.5) is 5.69 Å². The summed E-state index contributed by atoms with van der Waals surface area (Å²) in [6.45, 7) is 0. The van der Waals surface area contributed by atoms with Crippen molar-refractivity contribution < 1.29 is 9.53 Å². The van der Waals surface area contributed by atoms with E-state index in [2.05, 4.69) is 26.2 Å². The number of carbonyl (C=O) groups is 1. The van der Waals surface area contributed by atoms with E-state index in [1.807, 2.05) is 12.1 Å². The van der Waals surface area contributed by atoms with E-state index in [0.29, 0.717) is 17.0 Å².